The van der Waals surface area contributed by atoms with Crippen molar-refractivity contribution in [1.82, 2.24) is 0 Å². The number of nitrogens with zero attached hydrogens (tertiary/aromatic N) is 3. The summed E-state index contributed by atoms with van der Waals surface area (Å²) in [6.45, 7) is 5.03. The number of hydrogen-bond acceptors (Lipinski definition) is 7. The first-order valence-electron chi connectivity index (χ1n) is 8.33. The van der Waals surface area contributed by atoms with E-state index in [2.05, 4.69) is 4.18 Å². The van der Waals surface area contributed by atoms with Gasteiger partial charge in [-0.2, -0.15) is 18.9 Å². The SMILES string of the molecule is CCN(CCOS(=O)(=O)O)c1cccc(C)c1.N#Cc1ccc(N)cc1C#N. The lowest BCUT2D eigenvalue weighted by Crippen LogP contribution is -2.27. The molecular weight excluding hydrogens is 380 g/mol. The number of nitriles is 2. The number of rotatable bonds is 6. The quantitative estimate of drug-likeness (QED) is 0.555. The highest BCUT2D eigenvalue weighted by atomic mass is 32.3. The molecule has 2 rings (SSSR count). The van der Waals surface area contributed by atoms with Gasteiger partial charge in [-0.1, -0.05) is 12.1 Å². The molecule has 0 unspecified atom stereocenters. The molecule has 0 aromatic heterocycles. The third kappa shape index (κ3) is 8.06. The van der Waals surface area contributed by atoms with Crippen molar-refractivity contribution >= 4 is 21.8 Å². The summed E-state index contributed by atoms with van der Waals surface area (Å²) in [5.41, 5.74) is 8.73. The van der Waals surface area contributed by atoms with Crippen LogP contribution in [0.4, 0.5) is 11.4 Å². The molecule has 0 heterocycles. The number of hydrogen-bond donors (Lipinski definition) is 2. The fourth-order valence-corrected chi connectivity index (χ4v) is 2.58. The summed E-state index contributed by atoms with van der Waals surface area (Å²) < 4.78 is 33.6. The summed E-state index contributed by atoms with van der Waals surface area (Å²) in [5, 5.41) is 17.0. The Morgan fingerprint density at radius 2 is 1.82 bits per heavy atom. The Kier molecular flexibility index (Phi) is 8.93. The van der Waals surface area contributed by atoms with Crippen molar-refractivity contribution in [2.75, 3.05) is 30.3 Å². The van der Waals surface area contributed by atoms with E-state index >= 15 is 0 Å². The summed E-state index contributed by atoms with van der Waals surface area (Å²) in [4.78, 5) is 1.97. The van der Waals surface area contributed by atoms with E-state index < -0.39 is 10.4 Å². The molecule has 2 aromatic rings. The highest BCUT2D eigenvalue weighted by molar-refractivity contribution is 7.80. The smallest absolute Gasteiger partial charge is 0.397 e. The average molecular weight is 402 g/mol. The minimum atomic E-state index is -4.35. The van der Waals surface area contributed by atoms with E-state index in [4.69, 9.17) is 20.8 Å². The Hall–Kier alpha value is -3.11. The minimum absolute atomic E-state index is 0.0688. The molecular formula is C19H22N4O4S. The lowest BCUT2D eigenvalue weighted by Gasteiger charge is -2.22. The van der Waals surface area contributed by atoms with Crippen molar-refractivity contribution in [3.63, 3.8) is 0 Å². The fraction of sp³-hybridized carbons (Fsp3) is 0.263. The average Bonchev–Trinajstić information content (AvgIpc) is 2.65. The van der Waals surface area contributed by atoms with Crippen LogP contribution in [0.25, 0.3) is 0 Å². The van der Waals surface area contributed by atoms with Crippen LogP contribution in [-0.4, -0.2) is 32.7 Å². The number of benzene rings is 2. The van der Waals surface area contributed by atoms with Crippen LogP contribution in [0.1, 0.15) is 23.6 Å². The van der Waals surface area contributed by atoms with E-state index in [0.29, 0.717) is 23.4 Å². The van der Waals surface area contributed by atoms with Crippen LogP contribution in [-0.2, 0) is 14.6 Å². The molecule has 28 heavy (non-hydrogen) atoms. The molecule has 0 spiro atoms. The number of nitrogens with two attached hydrogens (primary N) is 1. The van der Waals surface area contributed by atoms with E-state index in [9.17, 15) is 8.42 Å². The highest BCUT2D eigenvalue weighted by Gasteiger charge is 2.08. The Morgan fingerprint density at radius 3 is 2.36 bits per heavy atom. The van der Waals surface area contributed by atoms with Crippen molar-refractivity contribution in [2.45, 2.75) is 13.8 Å². The van der Waals surface area contributed by atoms with Gasteiger partial charge >= 0.3 is 10.4 Å². The van der Waals surface area contributed by atoms with Crippen LogP contribution in [0.2, 0.25) is 0 Å². The van der Waals surface area contributed by atoms with Crippen LogP contribution < -0.4 is 10.6 Å². The molecule has 0 aliphatic heterocycles. The second-order valence-electron chi connectivity index (χ2n) is 5.70. The van der Waals surface area contributed by atoms with Crippen molar-refractivity contribution in [2.24, 2.45) is 0 Å². The fourth-order valence-electron chi connectivity index (χ4n) is 2.30. The molecule has 0 saturated carbocycles. The summed E-state index contributed by atoms with van der Waals surface area (Å²) in [6, 6.07) is 16.3. The molecule has 2 aromatic carbocycles. The number of aryl methyl sites for hydroxylation is 1. The lowest BCUT2D eigenvalue weighted by molar-refractivity contribution is 0.274. The predicted molar refractivity (Wildman–Crippen MR) is 107 cm³/mol. The van der Waals surface area contributed by atoms with Gasteiger partial charge in [-0.15, -0.1) is 0 Å². The van der Waals surface area contributed by atoms with Crippen LogP contribution in [0.3, 0.4) is 0 Å². The summed E-state index contributed by atoms with van der Waals surface area (Å²) in [6.07, 6.45) is 0. The molecule has 0 bridgehead atoms. The minimum Gasteiger partial charge on any atom is -0.399 e. The molecule has 0 radical (unpaired) electrons. The molecule has 0 fully saturated rings. The number of likely N-dealkylation sites (N-methyl/N-ethyl adjacent to an activating group) is 1. The molecule has 0 atom stereocenters. The molecule has 0 saturated heterocycles. The predicted octanol–water partition coefficient (Wildman–Crippen LogP) is 2.65. The van der Waals surface area contributed by atoms with E-state index in [1.54, 1.807) is 6.07 Å². The molecule has 8 nitrogen and oxygen atoms in total. The van der Waals surface area contributed by atoms with Crippen LogP contribution in [0, 0.1) is 29.6 Å². The maximum atomic E-state index is 10.4. The van der Waals surface area contributed by atoms with Crippen molar-refractivity contribution in [3.05, 3.63) is 59.2 Å². The number of anilines is 2. The van der Waals surface area contributed by atoms with Gasteiger partial charge in [0.1, 0.15) is 12.1 Å². The zero-order chi connectivity index (χ0) is 21.2. The maximum Gasteiger partial charge on any atom is 0.397 e. The first kappa shape index (κ1) is 22.9. The Bertz CT molecular complexity index is 978. The van der Waals surface area contributed by atoms with Crippen LogP contribution in [0.5, 0.6) is 0 Å². The first-order valence-corrected chi connectivity index (χ1v) is 9.69. The van der Waals surface area contributed by atoms with Gasteiger partial charge in [0.15, 0.2) is 0 Å². The Morgan fingerprint density at radius 1 is 1.14 bits per heavy atom. The van der Waals surface area contributed by atoms with Crippen molar-refractivity contribution in [1.29, 1.82) is 10.5 Å². The zero-order valence-corrected chi connectivity index (χ0v) is 16.5. The second-order valence-corrected chi connectivity index (χ2v) is 6.79. The Balaban J connectivity index is 0.000000307. The van der Waals surface area contributed by atoms with E-state index in [0.717, 1.165) is 17.8 Å². The van der Waals surface area contributed by atoms with Crippen molar-refractivity contribution in [3.8, 4) is 12.1 Å². The topological polar surface area (TPSA) is 140 Å². The van der Waals surface area contributed by atoms with Gasteiger partial charge in [-0.25, -0.2) is 4.18 Å². The zero-order valence-electron chi connectivity index (χ0n) is 15.7. The van der Waals surface area contributed by atoms with Crippen LogP contribution >= 0.6 is 0 Å². The van der Waals surface area contributed by atoms with Gasteiger partial charge < -0.3 is 10.6 Å². The van der Waals surface area contributed by atoms with E-state index in [1.807, 2.05) is 55.2 Å². The van der Waals surface area contributed by atoms with E-state index in [1.165, 1.54) is 12.1 Å². The molecule has 9 heteroatoms. The maximum absolute atomic E-state index is 10.4. The molecule has 0 aliphatic rings. The number of nitrogen functional groups attached to an aromatic ring is 1. The van der Waals surface area contributed by atoms with Crippen LogP contribution in [0.15, 0.2) is 42.5 Å². The second kappa shape index (κ2) is 10.9. The third-order valence-corrected chi connectivity index (χ3v) is 4.09. The molecule has 0 aliphatic carbocycles. The van der Waals surface area contributed by atoms with Gasteiger partial charge in [-0.3, -0.25) is 4.55 Å². The Labute approximate surface area is 165 Å². The van der Waals surface area contributed by atoms with Gasteiger partial charge in [0.05, 0.1) is 17.7 Å². The molecule has 3 N–H and O–H groups in total. The monoisotopic (exact) mass is 402 g/mol. The molecule has 0 amide bonds. The highest BCUT2D eigenvalue weighted by Crippen LogP contribution is 2.15. The first-order chi connectivity index (χ1) is 13.2. The summed E-state index contributed by atoms with van der Waals surface area (Å²) >= 11 is 0. The molecule has 148 valence electrons. The summed E-state index contributed by atoms with van der Waals surface area (Å²) in [7, 11) is -4.35. The van der Waals surface area contributed by atoms with Gasteiger partial charge in [0.2, 0.25) is 0 Å². The van der Waals surface area contributed by atoms with Gasteiger partial charge in [0, 0.05) is 24.5 Å². The summed E-state index contributed by atoms with van der Waals surface area (Å²) in [5.74, 6) is 0. The van der Waals surface area contributed by atoms with Gasteiger partial charge in [0.25, 0.3) is 0 Å². The largest absolute Gasteiger partial charge is 0.399 e. The van der Waals surface area contributed by atoms with Gasteiger partial charge in [-0.05, 0) is 49.7 Å². The van der Waals surface area contributed by atoms with Crippen molar-refractivity contribution < 1.29 is 17.2 Å². The normalized spacial score (nSPS) is 10.2. The van der Waals surface area contributed by atoms with E-state index in [-0.39, 0.29) is 6.61 Å². The third-order valence-electron chi connectivity index (χ3n) is 3.63. The standard InChI is InChI=1S/C11H17NO4S.C8H5N3/c1-3-12(7-8-16-17(13,14)15)11-6-4-5-10(2)9-11;9-4-6-1-2-8(11)3-7(6)5-10/h4-6,9H,3,7-8H2,1-2H3,(H,13,14,15);1-3H,11H2. The lowest BCUT2D eigenvalue weighted by atomic mass is 10.1.